The summed E-state index contributed by atoms with van der Waals surface area (Å²) in [6.45, 7) is 1.21. The summed E-state index contributed by atoms with van der Waals surface area (Å²) >= 11 is 0. The highest BCUT2D eigenvalue weighted by Crippen LogP contribution is 2.24. The summed E-state index contributed by atoms with van der Waals surface area (Å²) in [6.07, 6.45) is 6.27. The van der Waals surface area contributed by atoms with Gasteiger partial charge in [0.2, 0.25) is 0 Å². The molecule has 0 saturated heterocycles. The highest BCUT2D eigenvalue weighted by atomic mass is 32.2. The molecule has 1 heterocycles. The van der Waals surface area contributed by atoms with E-state index in [0.717, 1.165) is 18.4 Å². The molecule has 1 aromatic heterocycles. The first kappa shape index (κ1) is 14.4. The number of nitrogens with zero attached hydrogens (tertiary/aromatic N) is 1. The van der Waals surface area contributed by atoms with Crippen LogP contribution in [-0.2, 0) is 16.6 Å². The molecule has 1 aliphatic rings. The lowest BCUT2D eigenvalue weighted by atomic mass is 10.1. The molecule has 106 valence electrons. The third-order valence-corrected chi connectivity index (χ3v) is 4.83. The maximum absolute atomic E-state index is 12.1. The molecule has 1 fully saturated rings. The van der Waals surface area contributed by atoms with Gasteiger partial charge in [0, 0.05) is 19.3 Å². The van der Waals surface area contributed by atoms with Gasteiger partial charge >= 0.3 is 0 Å². The zero-order valence-corrected chi connectivity index (χ0v) is 12.0. The Morgan fingerprint density at radius 3 is 2.63 bits per heavy atom. The third kappa shape index (κ3) is 3.99. The lowest BCUT2D eigenvalue weighted by Gasteiger charge is -2.11. The van der Waals surface area contributed by atoms with Gasteiger partial charge in [0.1, 0.15) is 0 Å². The number of nitrogens with one attached hydrogen (secondary N) is 2. The van der Waals surface area contributed by atoms with Crippen molar-refractivity contribution in [3.63, 3.8) is 0 Å². The van der Waals surface area contributed by atoms with Crippen molar-refractivity contribution >= 4 is 10.0 Å². The predicted molar refractivity (Wildman–Crippen MR) is 74.1 cm³/mol. The highest BCUT2D eigenvalue weighted by molar-refractivity contribution is 7.89. The molecule has 1 aromatic rings. The zero-order valence-electron chi connectivity index (χ0n) is 11.2. The summed E-state index contributed by atoms with van der Waals surface area (Å²) in [5.41, 5.74) is 0.970. The molecule has 6 heteroatoms. The van der Waals surface area contributed by atoms with E-state index in [-0.39, 0.29) is 5.03 Å². The zero-order chi connectivity index (χ0) is 13.7. The molecule has 0 spiro atoms. The van der Waals surface area contributed by atoms with Crippen LogP contribution >= 0.6 is 0 Å². The number of rotatable bonds is 6. The highest BCUT2D eigenvalue weighted by Gasteiger charge is 2.20. The van der Waals surface area contributed by atoms with Crippen LogP contribution in [0.4, 0.5) is 0 Å². The summed E-state index contributed by atoms with van der Waals surface area (Å²) in [6, 6.07) is 3.34. The average molecular weight is 283 g/mol. The molecule has 2 rings (SSSR count). The van der Waals surface area contributed by atoms with Crippen molar-refractivity contribution in [2.24, 2.45) is 5.92 Å². The molecular formula is C13H21N3O2S. The van der Waals surface area contributed by atoms with E-state index < -0.39 is 10.0 Å². The molecule has 0 aliphatic heterocycles. The molecule has 0 atom stereocenters. The van der Waals surface area contributed by atoms with Gasteiger partial charge in [0.15, 0.2) is 5.03 Å². The Morgan fingerprint density at radius 1 is 1.32 bits per heavy atom. The van der Waals surface area contributed by atoms with E-state index in [1.54, 1.807) is 18.3 Å². The van der Waals surface area contributed by atoms with Crippen molar-refractivity contribution in [1.82, 2.24) is 15.0 Å². The predicted octanol–water partition coefficient (Wildman–Crippen LogP) is 1.27. The minimum Gasteiger partial charge on any atom is -0.316 e. The minimum absolute atomic E-state index is 0.102. The Bertz CT molecular complexity index is 493. The Hall–Kier alpha value is -0.980. The molecule has 0 unspecified atom stereocenters. The topological polar surface area (TPSA) is 71.1 Å². The second-order valence-corrected chi connectivity index (χ2v) is 6.75. The maximum Gasteiger partial charge on any atom is 0.258 e. The minimum atomic E-state index is -3.46. The van der Waals surface area contributed by atoms with Gasteiger partial charge in [-0.25, -0.2) is 18.1 Å². The monoisotopic (exact) mass is 283 g/mol. The van der Waals surface area contributed by atoms with Gasteiger partial charge in [-0.15, -0.1) is 0 Å². The van der Waals surface area contributed by atoms with Crippen LogP contribution in [0, 0.1) is 5.92 Å². The van der Waals surface area contributed by atoms with Gasteiger partial charge in [-0.1, -0.05) is 18.9 Å². The fourth-order valence-corrected chi connectivity index (χ4v) is 3.44. The largest absolute Gasteiger partial charge is 0.316 e. The summed E-state index contributed by atoms with van der Waals surface area (Å²) in [5, 5.41) is 3.10. The van der Waals surface area contributed by atoms with E-state index in [9.17, 15) is 8.42 Å². The first-order valence-corrected chi connectivity index (χ1v) is 8.19. The van der Waals surface area contributed by atoms with Crippen molar-refractivity contribution in [1.29, 1.82) is 0 Å². The van der Waals surface area contributed by atoms with Gasteiger partial charge in [-0.2, -0.15) is 0 Å². The summed E-state index contributed by atoms with van der Waals surface area (Å²) in [4.78, 5) is 4.02. The molecule has 0 radical (unpaired) electrons. The van der Waals surface area contributed by atoms with Crippen LogP contribution in [0.1, 0.15) is 31.2 Å². The number of hydrogen-bond acceptors (Lipinski definition) is 4. The molecule has 1 saturated carbocycles. The Labute approximate surface area is 114 Å². The van der Waals surface area contributed by atoms with Crippen molar-refractivity contribution in [2.75, 3.05) is 13.6 Å². The molecule has 0 aromatic carbocycles. The number of pyridine rings is 1. The van der Waals surface area contributed by atoms with E-state index in [0.29, 0.717) is 19.0 Å². The quantitative estimate of drug-likeness (QED) is 0.825. The molecule has 0 amide bonds. The Balaban J connectivity index is 1.97. The molecule has 0 bridgehead atoms. The average Bonchev–Trinajstić information content (AvgIpc) is 2.91. The van der Waals surface area contributed by atoms with Crippen LogP contribution in [0.2, 0.25) is 0 Å². The first-order chi connectivity index (χ1) is 9.12. The van der Waals surface area contributed by atoms with Gasteiger partial charge in [-0.05, 0) is 37.4 Å². The van der Waals surface area contributed by atoms with Crippen LogP contribution < -0.4 is 10.0 Å². The van der Waals surface area contributed by atoms with E-state index in [1.807, 2.05) is 7.05 Å². The summed E-state index contributed by atoms with van der Waals surface area (Å²) in [5.74, 6) is 0.485. The number of sulfonamides is 1. The molecule has 2 N–H and O–H groups in total. The second-order valence-electron chi connectivity index (χ2n) is 5.04. The summed E-state index contributed by atoms with van der Waals surface area (Å²) < 4.78 is 26.8. The van der Waals surface area contributed by atoms with Crippen LogP contribution in [0.25, 0.3) is 0 Å². The van der Waals surface area contributed by atoms with Gasteiger partial charge in [0.05, 0.1) is 0 Å². The van der Waals surface area contributed by atoms with Crippen molar-refractivity contribution in [2.45, 2.75) is 37.3 Å². The second kappa shape index (κ2) is 6.45. The van der Waals surface area contributed by atoms with Gasteiger partial charge < -0.3 is 5.32 Å². The van der Waals surface area contributed by atoms with Crippen LogP contribution in [0.15, 0.2) is 23.4 Å². The number of aromatic nitrogens is 1. The smallest absolute Gasteiger partial charge is 0.258 e. The van der Waals surface area contributed by atoms with E-state index in [1.165, 1.54) is 12.8 Å². The van der Waals surface area contributed by atoms with E-state index in [2.05, 4.69) is 15.0 Å². The lowest BCUT2D eigenvalue weighted by Crippen LogP contribution is -2.29. The van der Waals surface area contributed by atoms with Crippen molar-refractivity contribution in [3.05, 3.63) is 23.9 Å². The third-order valence-electron chi connectivity index (χ3n) is 3.49. The molecule has 1 aliphatic carbocycles. The fraction of sp³-hybridized carbons (Fsp3) is 0.615. The van der Waals surface area contributed by atoms with Crippen LogP contribution in [-0.4, -0.2) is 27.0 Å². The molecule has 5 nitrogen and oxygen atoms in total. The van der Waals surface area contributed by atoms with E-state index >= 15 is 0 Å². The van der Waals surface area contributed by atoms with Gasteiger partial charge in [0.25, 0.3) is 10.0 Å². The van der Waals surface area contributed by atoms with Crippen LogP contribution in [0.3, 0.4) is 0 Å². The first-order valence-electron chi connectivity index (χ1n) is 6.71. The molecular weight excluding hydrogens is 262 g/mol. The van der Waals surface area contributed by atoms with Crippen LogP contribution in [0.5, 0.6) is 0 Å². The Morgan fingerprint density at radius 2 is 2.05 bits per heavy atom. The lowest BCUT2D eigenvalue weighted by molar-refractivity contribution is 0.518. The molecule has 19 heavy (non-hydrogen) atoms. The number of hydrogen-bond donors (Lipinski definition) is 2. The van der Waals surface area contributed by atoms with Crippen molar-refractivity contribution < 1.29 is 8.42 Å². The van der Waals surface area contributed by atoms with E-state index in [4.69, 9.17) is 0 Å². The normalized spacial score (nSPS) is 16.9. The SMILES string of the molecule is CNCc1ccc(S(=O)(=O)NCC2CCCC2)nc1. The fourth-order valence-electron chi connectivity index (χ4n) is 2.39. The standard InChI is InChI=1S/C13H21N3O2S/c1-14-8-12-6-7-13(15-9-12)19(17,18)16-10-11-4-2-3-5-11/h6-7,9,11,14,16H,2-5,8,10H2,1H3. The maximum atomic E-state index is 12.1. The van der Waals surface area contributed by atoms with Crippen molar-refractivity contribution in [3.8, 4) is 0 Å². The summed E-state index contributed by atoms with van der Waals surface area (Å²) in [7, 11) is -1.62. The van der Waals surface area contributed by atoms with Gasteiger partial charge in [-0.3, -0.25) is 0 Å². The Kier molecular flexibility index (Phi) is 4.90.